The van der Waals surface area contributed by atoms with E-state index in [1.807, 2.05) is 0 Å². The van der Waals surface area contributed by atoms with Crippen LogP contribution in [-0.4, -0.2) is 5.78 Å². The maximum Gasteiger partial charge on any atom is 0.199 e. The molecule has 0 aromatic heterocycles. The van der Waals surface area contributed by atoms with Crippen LogP contribution in [0.25, 0.3) is 0 Å². The summed E-state index contributed by atoms with van der Waals surface area (Å²) in [5.41, 5.74) is -0.848. The molecule has 0 atom stereocenters. The predicted molar refractivity (Wildman–Crippen MR) is 65.9 cm³/mol. The first-order valence-corrected chi connectivity index (χ1v) is 5.74. The zero-order valence-electron chi connectivity index (χ0n) is 9.81. The molecule has 1 nitrogen and oxygen atoms in total. The van der Waals surface area contributed by atoms with Gasteiger partial charge in [0, 0.05) is 5.02 Å². The Morgan fingerprint density at radius 3 is 2.37 bits per heavy atom. The second kappa shape index (κ2) is 5.05. The van der Waals surface area contributed by atoms with Gasteiger partial charge in [-0.2, -0.15) is 0 Å². The van der Waals surface area contributed by atoms with Gasteiger partial charge < -0.3 is 0 Å². The normalized spacial score (nSPS) is 10.6. The van der Waals surface area contributed by atoms with Gasteiger partial charge in [0.2, 0.25) is 0 Å². The zero-order valence-corrected chi connectivity index (χ0v) is 10.6. The standard InChI is InChI=1S/C14H8ClF3O/c1-7-2-4-9(13(18)12(7)17)14(19)10-6-8(15)3-5-11(10)16/h2-6H,1H3. The molecule has 0 heterocycles. The summed E-state index contributed by atoms with van der Waals surface area (Å²) in [6.45, 7) is 1.37. The van der Waals surface area contributed by atoms with Crippen molar-refractivity contribution in [3.8, 4) is 0 Å². The van der Waals surface area contributed by atoms with Crippen molar-refractivity contribution in [3.05, 3.63) is 69.5 Å². The molecule has 0 amide bonds. The van der Waals surface area contributed by atoms with E-state index in [9.17, 15) is 18.0 Å². The van der Waals surface area contributed by atoms with E-state index in [0.717, 1.165) is 18.2 Å². The summed E-state index contributed by atoms with van der Waals surface area (Å²) in [6.07, 6.45) is 0. The lowest BCUT2D eigenvalue weighted by Gasteiger charge is -2.06. The van der Waals surface area contributed by atoms with Crippen LogP contribution < -0.4 is 0 Å². The maximum absolute atomic E-state index is 13.7. The number of rotatable bonds is 2. The Balaban J connectivity index is 2.56. The molecule has 0 saturated heterocycles. The quantitative estimate of drug-likeness (QED) is 0.752. The largest absolute Gasteiger partial charge is 0.288 e. The minimum absolute atomic E-state index is 0.0700. The fraction of sp³-hybridized carbons (Fsp3) is 0.0714. The number of halogens is 4. The smallest absolute Gasteiger partial charge is 0.199 e. The van der Waals surface area contributed by atoms with Gasteiger partial charge >= 0.3 is 0 Å². The number of benzene rings is 2. The molecule has 0 fully saturated rings. The van der Waals surface area contributed by atoms with E-state index in [1.54, 1.807) is 0 Å². The molecule has 0 aliphatic heterocycles. The first kappa shape index (κ1) is 13.6. The van der Waals surface area contributed by atoms with E-state index in [1.165, 1.54) is 19.1 Å². The molecule has 0 bridgehead atoms. The topological polar surface area (TPSA) is 17.1 Å². The van der Waals surface area contributed by atoms with Gasteiger partial charge in [-0.05, 0) is 36.8 Å². The molecule has 0 saturated carbocycles. The van der Waals surface area contributed by atoms with Crippen molar-refractivity contribution in [1.82, 2.24) is 0 Å². The van der Waals surface area contributed by atoms with Crippen LogP contribution in [0.1, 0.15) is 21.5 Å². The van der Waals surface area contributed by atoms with Crippen LogP contribution in [0.3, 0.4) is 0 Å². The number of ketones is 1. The van der Waals surface area contributed by atoms with Gasteiger partial charge in [0.15, 0.2) is 17.4 Å². The molecule has 98 valence electrons. The van der Waals surface area contributed by atoms with E-state index in [0.29, 0.717) is 0 Å². The Bertz CT molecular complexity index is 668. The van der Waals surface area contributed by atoms with Gasteiger partial charge in [-0.3, -0.25) is 4.79 Å². The van der Waals surface area contributed by atoms with Crippen molar-refractivity contribution >= 4 is 17.4 Å². The third-order valence-corrected chi connectivity index (χ3v) is 2.93. The van der Waals surface area contributed by atoms with Gasteiger partial charge in [0.05, 0.1) is 11.1 Å². The first-order chi connectivity index (χ1) is 8.91. The molecule has 19 heavy (non-hydrogen) atoms. The lowest BCUT2D eigenvalue weighted by atomic mass is 10.0. The van der Waals surface area contributed by atoms with E-state index >= 15 is 0 Å². The molecule has 0 spiro atoms. The molecular weight excluding hydrogens is 277 g/mol. The zero-order chi connectivity index (χ0) is 14.2. The van der Waals surface area contributed by atoms with Crippen LogP contribution in [0, 0.1) is 24.4 Å². The average molecular weight is 285 g/mol. The molecule has 0 aliphatic rings. The number of hydrogen-bond donors (Lipinski definition) is 0. The average Bonchev–Trinajstić information content (AvgIpc) is 2.38. The monoisotopic (exact) mass is 284 g/mol. The molecular formula is C14H8ClF3O. The van der Waals surface area contributed by atoms with E-state index < -0.39 is 34.4 Å². The van der Waals surface area contributed by atoms with Crippen LogP contribution in [-0.2, 0) is 0 Å². The summed E-state index contributed by atoms with van der Waals surface area (Å²) in [4.78, 5) is 12.0. The Morgan fingerprint density at radius 2 is 1.68 bits per heavy atom. The third kappa shape index (κ3) is 2.49. The van der Waals surface area contributed by atoms with Crippen molar-refractivity contribution in [2.45, 2.75) is 6.92 Å². The Hall–Kier alpha value is -1.81. The third-order valence-electron chi connectivity index (χ3n) is 2.69. The van der Waals surface area contributed by atoms with E-state index in [-0.39, 0.29) is 10.6 Å². The lowest BCUT2D eigenvalue weighted by molar-refractivity contribution is 0.103. The summed E-state index contributed by atoms with van der Waals surface area (Å²) in [5, 5.41) is 0.137. The van der Waals surface area contributed by atoms with Gasteiger partial charge in [0.1, 0.15) is 5.82 Å². The highest BCUT2D eigenvalue weighted by Gasteiger charge is 2.21. The van der Waals surface area contributed by atoms with Gasteiger partial charge in [-0.15, -0.1) is 0 Å². The van der Waals surface area contributed by atoms with Crippen LogP contribution >= 0.6 is 11.6 Å². The number of carbonyl (C=O) groups excluding carboxylic acids is 1. The second-order valence-electron chi connectivity index (χ2n) is 4.01. The molecule has 0 N–H and O–H groups in total. The summed E-state index contributed by atoms with van der Waals surface area (Å²) in [6, 6.07) is 5.72. The van der Waals surface area contributed by atoms with Gasteiger partial charge in [-0.1, -0.05) is 17.7 Å². The Kier molecular flexibility index (Phi) is 3.62. The fourth-order valence-corrected chi connectivity index (χ4v) is 1.81. The minimum atomic E-state index is -1.29. The molecule has 2 aromatic rings. The highest BCUT2D eigenvalue weighted by Crippen LogP contribution is 2.22. The van der Waals surface area contributed by atoms with Crippen molar-refractivity contribution in [3.63, 3.8) is 0 Å². The maximum atomic E-state index is 13.7. The number of aryl methyl sites for hydroxylation is 1. The van der Waals surface area contributed by atoms with Crippen LogP contribution in [0.2, 0.25) is 5.02 Å². The first-order valence-electron chi connectivity index (χ1n) is 5.36. The highest BCUT2D eigenvalue weighted by molar-refractivity contribution is 6.31. The molecule has 0 unspecified atom stereocenters. The lowest BCUT2D eigenvalue weighted by Crippen LogP contribution is -2.09. The van der Waals surface area contributed by atoms with Crippen molar-refractivity contribution in [1.29, 1.82) is 0 Å². The molecule has 0 aliphatic carbocycles. The molecule has 5 heteroatoms. The number of carbonyl (C=O) groups is 1. The van der Waals surface area contributed by atoms with Gasteiger partial charge in [0.25, 0.3) is 0 Å². The van der Waals surface area contributed by atoms with Crippen molar-refractivity contribution < 1.29 is 18.0 Å². The Morgan fingerprint density at radius 1 is 1.00 bits per heavy atom. The van der Waals surface area contributed by atoms with E-state index in [2.05, 4.69) is 0 Å². The van der Waals surface area contributed by atoms with Crippen LogP contribution in [0.5, 0.6) is 0 Å². The predicted octanol–water partition coefficient (Wildman–Crippen LogP) is 4.30. The van der Waals surface area contributed by atoms with Crippen LogP contribution in [0.15, 0.2) is 30.3 Å². The summed E-state index contributed by atoms with van der Waals surface area (Å²) in [5.74, 6) is -4.19. The highest BCUT2D eigenvalue weighted by atomic mass is 35.5. The minimum Gasteiger partial charge on any atom is -0.288 e. The SMILES string of the molecule is Cc1ccc(C(=O)c2cc(Cl)ccc2F)c(F)c1F. The summed E-state index contributed by atoms with van der Waals surface area (Å²) >= 11 is 5.66. The summed E-state index contributed by atoms with van der Waals surface area (Å²) < 4.78 is 40.6. The molecule has 2 aromatic carbocycles. The summed E-state index contributed by atoms with van der Waals surface area (Å²) in [7, 11) is 0. The van der Waals surface area contributed by atoms with Gasteiger partial charge in [-0.25, -0.2) is 13.2 Å². The fourth-order valence-electron chi connectivity index (χ4n) is 1.64. The number of hydrogen-bond acceptors (Lipinski definition) is 1. The second-order valence-corrected chi connectivity index (χ2v) is 4.45. The van der Waals surface area contributed by atoms with Crippen molar-refractivity contribution in [2.75, 3.05) is 0 Å². The molecule has 2 rings (SSSR count). The van der Waals surface area contributed by atoms with E-state index in [4.69, 9.17) is 11.6 Å². The van der Waals surface area contributed by atoms with Crippen molar-refractivity contribution in [2.24, 2.45) is 0 Å². The van der Waals surface area contributed by atoms with Crippen LogP contribution in [0.4, 0.5) is 13.2 Å². The Labute approximate surface area is 112 Å². The molecule has 0 radical (unpaired) electrons.